The standard InChI is InChI=1S/C26H26N4O4/c1-15-5-8-19(9-6-15)30-25-24(17(3)28-30)16(2)20(26(32)29(25)4)10-12-23(31)27-18-7-11-21-22(13-18)34-14-33-21/h5-9,11,13H,10,12,14H2,1-4H3,(H,27,31). The van der Waals surface area contributed by atoms with Gasteiger partial charge in [0.25, 0.3) is 5.56 Å². The number of benzene rings is 2. The molecule has 0 saturated carbocycles. The van der Waals surface area contributed by atoms with E-state index >= 15 is 0 Å². The van der Waals surface area contributed by atoms with Crippen LogP contribution in [-0.4, -0.2) is 27.0 Å². The summed E-state index contributed by atoms with van der Waals surface area (Å²) >= 11 is 0. The van der Waals surface area contributed by atoms with E-state index < -0.39 is 0 Å². The maximum absolute atomic E-state index is 13.3. The molecule has 2 aromatic heterocycles. The van der Waals surface area contributed by atoms with E-state index in [-0.39, 0.29) is 24.7 Å². The number of hydrogen-bond donors (Lipinski definition) is 1. The van der Waals surface area contributed by atoms with Gasteiger partial charge in [-0.3, -0.25) is 14.2 Å². The fourth-order valence-electron chi connectivity index (χ4n) is 4.47. The van der Waals surface area contributed by atoms with E-state index in [1.807, 2.05) is 49.7 Å². The monoisotopic (exact) mass is 458 g/mol. The van der Waals surface area contributed by atoms with Crippen LogP contribution in [0.15, 0.2) is 47.3 Å². The predicted molar refractivity (Wildman–Crippen MR) is 130 cm³/mol. The molecule has 0 saturated heterocycles. The Morgan fingerprint density at radius 1 is 1.06 bits per heavy atom. The van der Waals surface area contributed by atoms with Crippen molar-refractivity contribution in [3.8, 4) is 17.2 Å². The summed E-state index contributed by atoms with van der Waals surface area (Å²) in [6.45, 7) is 6.09. The highest BCUT2D eigenvalue weighted by molar-refractivity contribution is 5.91. The van der Waals surface area contributed by atoms with Crippen LogP contribution in [0.1, 0.15) is 28.8 Å². The molecule has 174 valence electrons. The smallest absolute Gasteiger partial charge is 0.255 e. The molecule has 0 radical (unpaired) electrons. The molecule has 1 amide bonds. The predicted octanol–water partition coefficient (Wildman–Crippen LogP) is 3.95. The van der Waals surface area contributed by atoms with Crippen LogP contribution < -0.4 is 20.3 Å². The first-order chi connectivity index (χ1) is 16.3. The number of aryl methyl sites for hydroxylation is 4. The first-order valence-electron chi connectivity index (χ1n) is 11.2. The summed E-state index contributed by atoms with van der Waals surface area (Å²) in [5, 5.41) is 8.54. The maximum Gasteiger partial charge on any atom is 0.255 e. The molecule has 5 rings (SSSR count). The lowest BCUT2D eigenvalue weighted by Crippen LogP contribution is -2.25. The SMILES string of the molecule is Cc1ccc(-n2nc(C)c3c(C)c(CCC(=O)Nc4ccc5c(c4)OCO5)c(=O)n(C)c32)cc1. The van der Waals surface area contributed by atoms with E-state index in [2.05, 4.69) is 5.32 Å². The number of anilines is 1. The topological polar surface area (TPSA) is 87.4 Å². The van der Waals surface area contributed by atoms with Gasteiger partial charge in [-0.1, -0.05) is 17.7 Å². The van der Waals surface area contributed by atoms with Crippen LogP contribution >= 0.6 is 0 Å². The summed E-state index contributed by atoms with van der Waals surface area (Å²) in [6.07, 6.45) is 0.515. The quantitative estimate of drug-likeness (QED) is 0.489. The van der Waals surface area contributed by atoms with Gasteiger partial charge in [0, 0.05) is 36.2 Å². The number of hydrogen-bond acceptors (Lipinski definition) is 5. The van der Waals surface area contributed by atoms with Crippen LogP contribution in [0, 0.1) is 20.8 Å². The summed E-state index contributed by atoms with van der Waals surface area (Å²) in [5.74, 6) is 1.09. The summed E-state index contributed by atoms with van der Waals surface area (Å²) in [5.41, 5.74) is 5.65. The number of ether oxygens (including phenoxy) is 2. The van der Waals surface area contributed by atoms with Gasteiger partial charge in [-0.2, -0.15) is 5.10 Å². The second-order valence-electron chi connectivity index (χ2n) is 8.62. The molecule has 8 heteroatoms. The van der Waals surface area contributed by atoms with E-state index in [1.165, 1.54) is 0 Å². The molecule has 1 aliphatic rings. The summed E-state index contributed by atoms with van der Waals surface area (Å²) in [7, 11) is 1.76. The van der Waals surface area contributed by atoms with Crippen LogP contribution in [0.2, 0.25) is 0 Å². The third kappa shape index (κ3) is 3.71. The fraction of sp³-hybridized carbons (Fsp3) is 0.269. The second kappa shape index (κ2) is 8.37. The zero-order valence-electron chi connectivity index (χ0n) is 19.6. The van der Waals surface area contributed by atoms with Crippen molar-refractivity contribution in [2.24, 2.45) is 7.05 Å². The number of pyridine rings is 1. The molecule has 0 bridgehead atoms. The number of nitrogens with zero attached hydrogens (tertiary/aromatic N) is 3. The van der Waals surface area contributed by atoms with Gasteiger partial charge in [0.15, 0.2) is 11.5 Å². The number of carbonyl (C=O) groups excluding carboxylic acids is 1. The molecule has 1 aliphatic heterocycles. The van der Waals surface area contributed by atoms with Gasteiger partial charge in [0.05, 0.1) is 11.4 Å². The van der Waals surface area contributed by atoms with Gasteiger partial charge >= 0.3 is 0 Å². The number of rotatable bonds is 5. The molecule has 0 atom stereocenters. The molecule has 0 unspecified atom stereocenters. The van der Waals surface area contributed by atoms with Gasteiger partial charge in [-0.05, 0) is 57.0 Å². The van der Waals surface area contributed by atoms with E-state index in [4.69, 9.17) is 14.6 Å². The average molecular weight is 459 g/mol. The Hall–Kier alpha value is -4.07. The molecule has 34 heavy (non-hydrogen) atoms. The van der Waals surface area contributed by atoms with Crippen molar-refractivity contribution < 1.29 is 14.3 Å². The van der Waals surface area contributed by atoms with Crippen LogP contribution in [-0.2, 0) is 18.3 Å². The molecule has 0 aliphatic carbocycles. The molecule has 0 spiro atoms. The van der Waals surface area contributed by atoms with E-state index in [1.54, 1.807) is 29.8 Å². The van der Waals surface area contributed by atoms with Crippen molar-refractivity contribution in [3.05, 3.63) is 75.2 Å². The number of aromatic nitrogens is 3. The van der Waals surface area contributed by atoms with Crippen molar-refractivity contribution in [3.63, 3.8) is 0 Å². The third-order valence-corrected chi connectivity index (χ3v) is 6.28. The van der Waals surface area contributed by atoms with Gasteiger partial charge in [0.2, 0.25) is 12.7 Å². The molecule has 0 fully saturated rings. The van der Waals surface area contributed by atoms with Gasteiger partial charge < -0.3 is 14.8 Å². The molecule has 3 heterocycles. The lowest BCUT2D eigenvalue weighted by molar-refractivity contribution is -0.116. The summed E-state index contributed by atoms with van der Waals surface area (Å²) < 4.78 is 14.1. The van der Waals surface area contributed by atoms with Crippen molar-refractivity contribution in [2.75, 3.05) is 12.1 Å². The van der Waals surface area contributed by atoms with E-state index in [9.17, 15) is 9.59 Å². The van der Waals surface area contributed by atoms with E-state index in [0.717, 1.165) is 33.5 Å². The molecule has 1 N–H and O–H groups in total. The fourth-order valence-corrected chi connectivity index (χ4v) is 4.47. The maximum atomic E-state index is 13.3. The first-order valence-corrected chi connectivity index (χ1v) is 11.2. The minimum Gasteiger partial charge on any atom is -0.454 e. The largest absolute Gasteiger partial charge is 0.454 e. The highest BCUT2D eigenvalue weighted by Gasteiger charge is 2.20. The Balaban J connectivity index is 1.43. The van der Waals surface area contributed by atoms with Crippen molar-refractivity contribution >= 4 is 22.6 Å². The lowest BCUT2D eigenvalue weighted by Gasteiger charge is -2.13. The number of fused-ring (bicyclic) bond motifs is 2. The molecular formula is C26H26N4O4. The van der Waals surface area contributed by atoms with Crippen LogP contribution in [0.3, 0.4) is 0 Å². The minimum atomic E-state index is -0.174. The van der Waals surface area contributed by atoms with Gasteiger partial charge in [-0.25, -0.2) is 4.68 Å². The second-order valence-corrected chi connectivity index (χ2v) is 8.62. The van der Waals surface area contributed by atoms with Crippen LogP contribution in [0.25, 0.3) is 16.7 Å². The first kappa shape index (κ1) is 21.8. The Morgan fingerprint density at radius 3 is 2.56 bits per heavy atom. The zero-order valence-corrected chi connectivity index (χ0v) is 19.6. The highest BCUT2D eigenvalue weighted by atomic mass is 16.7. The summed E-state index contributed by atoms with van der Waals surface area (Å²) in [6, 6.07) is 13.3. The van der Waals surface area contributed by atoms with Crippen molar-refractivity contribution in [2.45, 2.75) is 33.6 Å². The Morgan fingerprint density at radius 2 is 1.79 bits per heavy atom. The zero-order chi connectivity index (χ0) is 24.0. The molecule has 4 aromatic rings. The Labute approximate surface area is 196 Å². The molecule has 8 nitrogen and oxygen atoms in total. The third-order valence-electron chi connectivity index (χ3n) is 6.28. The van der Waals surface area contributed by atoms with Gasteiger partial charge in [-0.15, -0.1) is 0 Å². The Bertz CT molecular complexity index is 1480. The van der Waals surface area contributed by atoms with Crippen molar-refractivity contribution in [1.82, 2.24) is 14.3 Å². The Kier molecular flexibility index (Phi) is 5.36. The van der Waals surface area contributed by atoms with Gasteiger partial charge in [0.1, 0.15) is 5.65 Å². The molecular weight excluding hydrogens is 432 g/mol. The van der Waals surface area contributed by atoms with E-state index in [0.29, 0.717) is 29.2 Å². The highest BCUT2D eigenvalue weighted by Crippen LogP contribution is 2.34. The number of carbonyl (C=O) groups is 1. The van der Waals surface area contributed by atoms with Crippen LogP contribution in [0.5, 0.6) is 11.5 Å². The lowest BCUT2D eigenvalue weighted by atomic mass is 10.0. The number of nitrogens with one attached hydrogen (secondary N) is 1. The van der Waals surface area contributed by atoms with Crippen molar-refractivity contribution in [1.29, 1.82) is 0 Å². The normalized spacial score (nSPS) is 12.4. The summed E-state index contributed by atoms with van der Waals surface area (Å²) in [4.78, 5) is 25.9. The molecule has 2 aromatic carbocycles. The average Bonchev–Trinajstić information content (AvgIpc) is 3.42. The minimum absolute atomic E-state index is 0.117. The van der Waals surface area contributed by atoms with Crippen LogP contribution in [0.4, 0.5) is 5.69 Å². The number of amides is 1.